The van der Waals surface area contributed by atoms with Gasteiger partial charge in [-0.1, -0.05) is 154 Å². The maximum absolute atomic E-state index is 12.7. The van der Waals surface area contributed by atoms with Crippen molar-refractivity contribution in [2.24, 2.45) is 0 Å². The SMILES string of the molecule is CCCCCCCCCCC/C=C/C/C=C/CCCC(=O)OC[C@H](CO[C@H]1O[C@H](CS(=O)(=O)O)[C@@H](O)C(O)C1O)OC(=O)CCCCCCCCCCCCC. The van der Waals surface area contributed by atoms with Crippen LogP contribution in [0.1, 0.15) is 181 Å². The first-order valence-corrected chi connectivity index (χ1v) is 23.5. The van der Waals surface area contributed by atoms with Gasteiger partial charge in [0.1, 0.15) is 36.8 Å². The number of aliphatic hydroxyl groups is 3. The Labute approximate surface area is 338 Å². The Morgan fingerprint density at radius 3 is 1.62 bits per heavy atom. The van der Waals surface area contributed by atoms with Gasteiger partial charge in [0.15, 0.2) is 12.4 Å². The normalized spacial score (nSPS) is 20.9. The number of unbranched alkanes of at least 4 members (excludes halogenated alkanes) is 20. The molecule has 1 saturated heterocycles. The molecule has 1 aliphatic heterocycles. The van der Waals surface area contributed by atoms with Gasteiger partial charge in [0.2, 0.25) is 0 Å². The highest BCUT2D eigenvalue weighted by Crippen LogP contribution is 2.24. The summed E-state index contributed by atoms with van der Waals surface area (Å²) >= 11 is 0. The smallest absolute Gasteiger partial charge is 0.306 e. The fraction of sp³-hybridized carbons (Fsp3) is 0.860. The Bertz CT molecular complexity index is 1140. The zero-order chi connectivity index (χ0) is 41.3. The van der Waals surface area contributed by atoms with E-state index in [-0.39, 0.29) is 19.4 Å². The maximum Gasteiger partial charge on any atom is 0.306 e. The van der Waals surface area contributed by atoms with Crippen molar-refractivity contribution in [3.05, 3.63) is 24.3 Å². The molecule has 4 N–H and O–H groups in total. The lowest BCUT2D eigenvalue weighted by atomic mass is 10.00. The predicted molar refractivity (Wildman–Crippen MR) is 220 cm³/mol. The average molecular weight is 819 g/mol. The molecule has 12 nitrogen and oxygen atoms in total. The maximum atomic E-state index is 12.7. The number of esters is 2. The van der Waals surface area contributed by atoms with Crippen LogP contribution in [0.5, 0.6) is 0 Å². The lowest BCUT2D eigenvalue weighted by Crippen LogP contribution is -2.60. The molecular formula is C43H78O12S. The highest BCUT2D eigenvalue weighted by Gasteiger charge is 2.46. The average Bonchev–Trinajstić information content (AvgIpc) is 3.16. The van der Waals surface area contributed by atoms with Gasteiger partial charge in [-0.25, -0.2) is 0 Å². The van der Waals surface area contributed by atoms with Crippen molar-refractivity contribution in [3.63, 3.8) is 0 Å². The monoisotopic (exact) mass is 819 g/mol. The summed E-state index contributed by atoms with van der Waals surface area (Å²) in [5, 5.41) is 30.8. The van der Waals surface area contributed by atoms with Gasteiger partial charge >= 0.3 is 11.9 Å². The summed E-state index contributed by atoms with van der Waals surface area (Å²) in [6.45, 7) is 3.71. The van der Waals surface area contributed by atoms with E-state index >= 15 is 0 Å². The molecule has 0 aromatic heterocycles. The third kappa shape index (κ3) is 28.5. The van der Waals surface area contributed by atoms with Gasteiger partial charge in [0.25, 0.3) is 10.1 Å². The third-order valence-corrected chi connectivity index (χ3v) is 10.8. The molecule has 1 rings (SSSR count). The predicted octanol–water partition coefficient (Wildman–Crippen LogP) is 8.45. The second-order valence-electron chi connectivity index (χ2n) is 15.4. The molecule has 0 radical (unpaired) electrons. The second kappa shape index (κ2) is 34.0. The summed E-state index contributed by atoms with van der Waals surface area (Å²) in [5.41, 5.74) is 0. The highest BCUT2D eigenvalue weighted by atomic mass is 32.2. The van der Waals surface area contributed by atoms with Gasteiger partial charge in [-0.05, 0) is 38.5 Å². The van der Waals surface area contributed by atoms with E-state index in [4.69, 9.17) is 18.9 Å². The minimum absolute atomic E-state index is 0.158. The number of aliphatic hydroxyl groups excluding tert-OH is 3. The van der Waals surface area contributed by atoms with Crippen molar-refractivity contribution in [3.8, 4) is 0 Å². The van der Waals surface area contributed by atoms with Crippen molar-refractivity contribution in [2.75, 3.05) is 19.0 Å². The fourth-order valence-corrected chi connectivity index (χ4v) is 7.29. The van der Waals surface area contributed by atoms with Crippen LogP contribution >= 0.6 is 0 Å². The van der Waals surface area contributed by atoms with E-state index in [1.165, 1.54) is 103 Å². The first kappa shape index (κ1) is 52.1. The number of carbonyl (C=O) groups is 2. The molecule has 6 atom stereocenters. The van der Waals surface area contributed by atoms with Crippen LogP contribution in [-0.4, -0.2) is 96.0 Å². The molecule has 2 unspecified atom stereocenters. The molecule has 1 fully saturated rings. The quantitative estimate of drug-likeness (QED) is 0.0205. The molecule has 0 bridgehead atoms. The standard InChI is InChI=1S/C43H78O12S/c1-3-5-7-9-11-13-15-16-17-18-19-20-22-23-25-27-29-31-38(44)52-33-36(54-39(45)32-30-28-26-24-21-14-12-10-8-6-4-2)34-53-43-42(48)41(47)40(46)37(55-43)35-56(49,50)51/h19-20,23,25,36-37,40-43,46-48H,3-18,21-22,24,26-35H2,1-2H3,(H,49,50,51)/b20-19+,25-23+/t36-,37-,40-,41?,42?,43+/m1/s1. The van der Waals surface area contributed by atoms with Gasteiger partial charge in [-0.3, -0.25) is 14.1 Å². The summed E-state index contributed by atoms with van der Waals surface area (Å²) in [7, 11) is -4.60. The first-order valence-electron chi connectivity index (χ1n) is 21.9. The minimum atomic E-state index is -4.60. The molecule has 0 aromatic rings. The van der Waals surface area contributed by atoms with Crippen LogP contribution in [0.25, 0.3) is 0 Å². The summed E-state index contributed by atoms with van der Waals surface area (Å²) in [5.74, 6) is -2.04. The molecule has 328 valence electrons. The van der Waals surface area contributed by atoms with E-state index in [2.05, 4.69) is 32.1 Å². The summed E-state index contributed by atoms with van der Waals surface area (Å²) in [6, 6.07) is 0. The van der Waals surface area contributed by atoms with Crippen LogP contribution < -0.4 is 0 Å². The molecule has 1 aliphatic rings. The Morgan fingerprint density at radius 2 is 1.09 bits per heavy atom. The molecule has 0 saturated carbocycles. The van der Waals surface area contributed by atoms with Crippen molar-refractivity contribution >= 4 is 22.1 Å². The van der Waals surface area contributed by atoms with Crippen LogP contribution in [0.2, 0.25) is 0 Å². The number of rotatable bonds is 36. The van der Waals surface area contributed by atoms with Crippen LogP contribution in [-0.2, 0) is 38.7 Å². The largest absolute Gasteiger partial charge is 0.462 e. The Balaban J connectivity index is 2.48. The number of allylic oxidation sites excluding steroid dienone is 4. The van der Waals surface area contributed by atoms with E-state index in [1.54, 1.807) is 0 Å². The molecule has 13 heteroatoms. The summed E-state index contributed by atoms with van der Waals surface area (Å²) in [6.07, 6.45) is 26.7. The van der Waals surface area contributed by atoms with E-state index < -0.39 is 71.2 Å². The Morgan fingerprint density at radius 1 is 0.607 bits per heavy atom. The van der Waals surface area contributed by atoms with Crippen molar-refractivity contribution in [1.82, 2.24) is 0 Å². The van der Waals surface area contributed by atoms with Gasteiger partial charge in [0, 0.05) is 12.8 Å². The van der Waals surface area contributed by atoms with Crippen LogP contribution in [0, 0.1) is 0 Å². The van der Waals surface area contributed by atoms with Crippen molar-refractivity contribution in [1.29, 1.82) is 0 Å². The van der Waals surface area contributed by atoms with E-state index in [0.29, 0.717) is 19.3 Å². The molecule has 56 heavy (non-hydrogen) atoms. The lowest BCUT2D eigenvalue weighted by molar-refractivity contribution is -0.297. The van der Waals surface area contributed by atoms with Crippen molar-refractivity contribution < 1.29 is 56.8 Å². The number of carbonyl (C=O) groups excluding carboxylic acids is 2. The molecule has 0 aliphatic carbocycles. The summed E-state index contributed by atoms with van der Waals surface area (Å²) < 4.78 is 53.9. The second-order valence-corrected chi connectivity index (χ2v) is 16.9. The van der Waals surface area contributed by atoms with Gasteiger partial charge in [-0.2, -0.15) is 8.42 Å². The third-order valence-electron chi connectivity index (χ3n) is 10.0. The highest BCUT2D eigenvalue weighted by molar-refractivity contribution is 7.85. The minimum Gasteiger partial charge on any atom is -0.462 e. The Kier molecular flexibility index (Phi) is 31.7. The van der Waals surface area contributed by atoms with Gasteiger partial charge in [-0.15, -0.1) is 0 Å². The van der Waals surface area contributed by atoms with Crippen molar-refractivity contribution in [2.45, 2.75) is 218 Å². The zero-order valence-corrected chi connectivity index (χ0v) is 35.6. The molecule has 0 spiro atoms. The zero-order valence-electron chi connectivity index (χ0n) is 34.7. The van der Waals surface area contributed by atoms with Gasteiger partial charge < -0.3 is 34.3 Å². The number of hydrogen-bond donors (Lipinski definition) is 4. The molecule has 0 aromatic carbocycles. The first-order chi connectivity index (χ1) is 27.0. The number of ether oxygens (including phenoxy) is 4. The van der Waals surface area contributed by atoms with E-state index in [1.807, 2.05) is 6.08 Å². The Hall–Kier alpha value is -1.87. The van der Waals surface area contributed by atoms with E-state index in [0.717, 1.165) is 32.1 Å². The topological polar surface area (TPSA) is 186 Å². The fourth-order valence-electron chi connectivity index (χ4n) is 6.60. The summed E-state index contributed by atoms with van der Waals surface area (Å²) in [4.78, 5) is 25.3. The van der Waals surface area contributed by atoms with Crippen LogP contribution in [0.3, 0.4) is 0 Å². The molecular weight excluding hydrogens is 741 g/mol. The lowest BCUT2D eigenvalue weighted by Gasteiger charge is -2.40. The molecule has 1 heterocycles. The van der Waals surface area contributed by atoms with Crippen LogP contribution in [0.4, 0.5) is 0 Å². The van der Waals surface area contributed by atoms with E-state index in [9.17, 15) is 37.9 Å². The number of hydrogen-bond acceptors (Lipinski definition) is 11. The molecule has 0 amide bonds. The van der Waals surface area contributed by atoms with Gasteiger partial charge in [0.05, 0.1) is 6.61 Å². The van der Waals surface area contributed by atoms with Crippen LogP contribution in [0.15, 0.2) is 24.3 Å².